The third-order valence-corrected chi connectivity index (χ3v) is 4.92. The van der Waals surface area contributed by atoms with E-state index in [9.17, 15) is 12.8 Å². The van der Waals surface area contributed by atoms with Gasteiger partial charge in [-0.25, -0.2) is 17.5 Å². The minimum absolute atomic E-state index is 0.113. The van der Waals surface area contributed by atoms with Crippen LogP contribution >= 0.6 is 0 Å². The summed E-state index contributed by atoms with van der Waals surface area (Å²) in [6, 6.07) is 8.97. The van der Waals surface area contributed by atoms with Crippen molar-refractivity contribution in [2.45, 2.75) is 12.3 Å². The molecule has 0 amide bonds. The van der Waals surface area contributed by atoms with Crippen LogP contribution in [-0.4, -0.2) is 23.2 Å². The summed E-state index contributed by atoms with van der Waals surface area (Å²) < 4.78 is 41.7. The Hall–Kier alpha value is -2.58. The van der Waals surface area contributed by atoms with E-state index in [1.807, 2.05) is 12.3 Å². The minimum atomic E-state index is -3.56. The average Bonchev–Trinajstić information content (AvgIpc) is 3.02. The van der Waals surface area contributed by atoms with E-state index in [1.165, 1.54) is 24.3 Å². The number of nitrogens with one attached hydrogen (secondary N) is 1. The maximum Gasteiger partial charge on any atom is 0.216 e. The Kier molecular flexibility index (Phi) is 4.91. The fraction of sp³-hybridized carbons (Fsp3) is 0.176. The fourth-order valence-corrected chi connectivity index (χ4v) is 3.53. The summed E-state index contributed by atoms with van der Waals surface area (Å²) in [6.07, 6.45) is 5.15. The lowest BCUT2D eigenvalue weighted by Gasteiger charge is -2.09. The van der Waals surface area contributed by atoms with Crippen LogP contribution in [0.2, 0.25) is 0 Å². The SMILES string of the molecule is Cn1cc(-c2ncccc2CNS(=O)(=O)Cc2ccc(F)cc2)cn1. The second kappa shape index (κ2) is 7.12. The Balaban J connectivity index is 1.74. The highest BCUT2D eigenvalue weighted by molar-refractivity contribution is 7.88. The largest absolute Gasteiger partial charge is 0.275 e. The van der Waals surface area contributed by atoms with E-state index in [2.05, 4.69) is 14.8 Å². The number of aromatic nitrogens is 3. The zero-order valence-corrected chi connectivity index (χ0v) is 14.4. The molecule has 3 rings (SSSR count). The van der Waals surface area contributed by atoms with Crippen molar-refractivity contribution in [3.8, 4) is 11.3 Å². The maximum atomic E-state index is 12.9. The summed E-state index contributed by atoms with van der Waals surface area (Å²) in [5.74, 6) is -0.610. The Morgan fingerprint density at radius 1 is 1.20 bits per heavy atom. The van der Waals surface area contributed by atoms with Crippen LogP contribution in [0.15, 0.2) is 55.0 Å². The predicted molar refractivity (Wildman–Crippen MR) is 92.3 cm³/mol. The van der Waals surface area contributed by atoms with Gasteiger partial charge in [-0.1, -0.05) is 18.2 Å². The number of rotatable bonds is 6. The van der Waals surface area contributed by atoms with Crippen molar-refractivity contribution in [1.29, 1.82) is 0 Å². The number of aryl methyl sites for hydroxylation is 1. The monoisotopic (exact) mass is 360 g/mol. The molecule has 6 nitrogen and oxygen atoms in total. The zero-order chi connectivity index (χ0) is 17.9. The van der Waals surface area contributed by atoms with E-state index in [1.54, 1.807) is 30.2 Å². The number of hydrogen-bond donors (Lipinski definition) is 1. The molecule has 0 saturated heterocycles. The summed E-state index contributed by atoms with van der Waals surface area (Å²) in [5, 5.41) is 4.11. The maximum absolute atomic E-state index is 12.9. The quantitative estimate of drug-likeness (QED) is 0.731. The molecule has 0 aliphatic rings. The van der Waals surface area contributed by atoms with Gasteiger partial charge in [-0.3, -0.25) is 9.67 Å². The molecule has 1 N–H and O–H groups in total. The van der Waals surface area contributed by atoms with Gasteiger partial charge in [0.05, 0.1) is 17.6 Å². The van der Waals surface area contributed by atoms with Gasteiger partial charge in [0, 0.05) is 31.5 Å². The van der Waals surface area contributed by atoms with Gasteiger partial charge in [-0.05, 0) is 29.3 Å². The van der Waals surface area contributed by atoms with Crippen molar-refractivity contribution >= 4 is 10.0 Å². The van der Waals surface area contributed by atoms with Crippen LogP contribution in [0.4, 0.5) is 4.39 Å². The first-order chi connectivity index (χ1) is 11.9. The van der Waals surface area contributed by atoms with Crippen molar-refractivity contribution < 1.29 is 12.8 Å². The Morgan fingerprint density at radius 2 is 1.96 bits per heavy atom. The third-order valence-electron chi connectivity index (χ3n) is 3.62. The van der Waals surface area contributed by atoms with Gasteiger partial charge in [-0.15, -0.1) is 0 Å². The van der Waals surface area contributed by atoms with E-state index in [4.69, 9.17) is 0 Å². The molecule has 8 heteroatoms. The van der Waals surface area contributed by atoms with E-state index in [0.29, 0.717) is 11.3 Å². The molecule has 0 saturated carbocycles. The van der Waals surface area contributed by atoms with Crippen LogP contribution in [0.1, 0.15) is 11.1 Å². The van der Waals surface area contributed by atoms with Crippen molar-refractivity contribution in [1.82, 2.24) is 19.5 Å². The average molecular weight is 360 g/mol. The van der Waals surface area contributed by atoms with Crippen molar-refractivity contribution in [2.75, 3.05) is 0 Å². The summed E-state index contributed by atoms with van der Waals surface area (Å²) in [4.78, 5) is 4.33. The Bertz CT molecular complexity index is 968. The second-order valence-electron chi connectivity index (χ2n) is 5.62. The van der Waals surface area contributed by atoms with Gasteiger partial charge >= 0.3 is 0 Å². The van der Waals surface area contributed by atoms with Gasteiger partial charge in [0.15, 0.2) is 0 Å². The molecule has 0 atom stereocenters. The number of halogens is 1. The fourth-order valence-electron chi connectivity index (χ4n) is 2.42. The van der Waals surface area contributed by atoms with Crippen LogP contribution < -0.4 is 4.72 Å². The van der Waals surface area contributed by atoms with E-state index < -0.39 is 15.8 Å². The molecule has 0 fully saturated rings. The Morgan fingerprint density at radius 3 is 2.64 bits per heavy atom. The topological polar surface area (TPSA) is 76.9 Å². The minimum Gasteiger partial charge on any atom is -0.275 e. The molecule has 0 unspecified atom stereocenters. The highest BCUT2D eigenvalue weighted by atomic mass is 32.2. The van der Waals surface area contributed by atoms with Crippen LogP contribution in [0.3, 0.4) is 0 Å². The molecule has 0 spiro atoms. The smallest absolute Gasteiger partial charge is 0.216 e. The summed E-state index contributed by atoms with van der Waals surface area (Å²) in [6.45, 7) is 0.113. The van der Waals surface area contributed by atoms with Crippen molar-refractivity contribution in [2.24, 2.45) is 7.05 Å². The molecular weight excluding hydrogens is 343 g/mol. The predicted octanol–water partition coefficient (Wildman–Crippen LogP) is 2.24. The number of pyridine rings is 1. The molecule has 130 valence electrons. The van der Waals surface area contributed by atoms with Gasteiger partial charge < -0.3 is 0 Å². The molecule has 2 heterocycles. The number of benzene rings is 1. The molecule has 0 bridgehead atoms. The van der Waals surface area contributed by atoms with Gasteiger partial charge in [0.25, 0.3) is 0 Å². The second-order valence-corrected chi connectivity index (χ2v) is 7.43. The lowest BCUT2D eigenvalue weighted by atomic mass is 10.1. The molecule has 0 aliphatic carbocycles. The zero-order valence-electron chi connectivity index (χ0n) is 13.6. The van der Waals surface area contributed by atoms with Gasteiger partial charge in [0.1, 0.15) is 5.82 Å². The molecule has 3 aromatic rings. The Labute approximate surface area is 145 Å². The standard InChI is InChI=1S/C17H17FN4O2S/c1-22-11-15(9-20-22)17-14(3-2-8-19-17)10-21-25(23,24)12-13-4-6-16(18)7-5-13/h2-9,11,21H,10,12H2,1H3. The normalized spacial score (nSPS) is 11.6. The van der Waals surface area contributed by atoms with Crippen molar-refractivity contribution in [3.05, 3.63) is 71.9 Å². The first-order valence-corrected chi connectivity index (χ1v) is 9.23. The number of hydrogen-bond acceptors (Lipinski definition) is 4. The van der Waals surface area contributed by atoms with Gasteiger partial charge in [0.2, 0.25) is 10.0 Å². The molecule has 0 radical (unpaired) electrons. The highest BCUT2D eigenvalue weighted by Gasteiger charge is 2.14. The van der Waals surface area contributed by atoms with E-state index in [-0.39, 0.29) is 12.3 Å². The molecular formula is C17H17FN4O2S. The molecule has 2 aromatic heterocycles. The molecule has 25 heavy (non-hydrogen) atoms. The first kappa shape index (κ1) is 17.2. The molecule has 1 aromatic carbocycles. The van der Waals surface area contributed by atoms with Gasteiger partial charge in [-0.2, -0.15) is 5.10 Å². The van der Waals surface area contributed by atoms with Crippen LogP contribution in [0, 0.1) is 5.82 Å². The van der Waals surface area contributed by atoms with Crippen LogP contribution in [0.5, 0.6) is 0 Å². The highest BCUT2D eigenvalue weighted by Crippen LogP contribution is 2.20. The third kappa shape index (κ3) is 4.49. The number of nitrogens with zero attached hydrogens (tertiary/aromatic N) is 3. The van der Waals surface area contributed by atoms with Crippen molar-refractivity contribution in [3.63, 3.8) is 0 Å². The van der Waals surface area contributed by atoms with E-state index >= 15 is 0 Å². The lowest BCUT2D eigenvalue weighted by Crippen LogP contribution is -2.25. The van der Waals surface area contributed by atoms with Crippen LogP contribution in [0.25, 0.3) is 11.3 Å². The van der Waals surface area contributed by atoms with E-state index in [0.717, 1.165) is 11.1 Å². The van der Waals surface area contributed by atoms with Crippen LogP contribution in [-0.2, 0) is 29.4 Å². The first-order valence-electron chi connectivity index (χ1n) is 7.58. The lowest BCUT2D eigenvalue weighted by molar-refractivity contribution is 0.580. The number of sulfonamides is 1. The molecule has 0 aliphatic heterocycles. The summed E-state index contributed by atoms with van der Waals surface area (Å²) >= 11 is 0. The summed E-state index contributed by atoms with van der Waals surface area (Å²) in [5.41, 5.74) is 2.77. The summed E-state index contributed by atoms with van der Waals surface area (Å²) in [7, 11) is -1.76.